The van der Waals surface area contributed by atoms with Gasteiger partial charge in [0.05, 0.1) is 5.69 Å². The molecule has 1 saturated heterocycles. The minimum atomic E-state index is -0.335. The zero-order chi connectivity index (χ0) is 21.1. The third-order valence-electron chi connectivity index (χ3n) is 5.18. The first kappa shape index (κ1) is 20.4. The largest absolute Gasteiger partial charge is 0.454 e. The molecule has 4 rings (SSSR count). The number of carbonyl (C=O) groups is 2. The molecule has 160 valence electrons. The molecule has 0 aliphatic carbocycles. The number of hydrogen-bond acceptors (Lipinski definition) is 8. The number of nitrogens with two attached hydrogens (primary N) is 1. The number of piperazine rings is 1. The number of aromatic nitrogens is 1. The Morgan fingerprint density at radius 2 is 1.97 bits per heavy atom. The van der Waals surface area contributed by atoms with Gasteiger partial charge in [0.25, 0.3) is 11.8 Å². The van der Waals surface area contributed by atoms with Gasteiger partial charge in [-0.15, -0.1) is 0 Å². The fourth-order valence-corrected chi connectivity index (χ4v) is 4.25. The first-order chi connectivity index (χ1) is 14.6. The van der Waals surface area contributed by atoms with E-state index < -0.39 is 0 Å². The molecular formula is C20H25N5O4S. The van der Waals surface area contributed by atoms with E-state index in [4.69, 9.17) is 15.2 Å². The first-order valence-corrected chi connectivity index (χ1v) is 10.8. The summed E-state index contributed by atoms with van der Waals surface area (Å²) in [6.45, 7) is 6.25. The second-order valence-corrected chi connectivity index (χ2v) is 8.06. The van der Waals surface area contributed by atoms with Gasteiger partial charge in [-0.1, -0.05) is 13.0 Å². The lowest BCUT2D eigenvalue weighted by Gasteiger charge is -2.34. The summed E-state index contributed by atoms with van der Waals surface area (Å²) in [5, 5.41) is 2.74. The number of amides is 2. The molecule has 2 aromatic rings. The number of anilines is 1. The second kappa shape index (κ2) is 8.88. The van der Waals surface area contributed by atoms with E-state index in [0.29, 0.717) is 24.5 Å². The molecule has 2 aliphatic rings. The van der Waals surface area contributed by atoms with Crippen LogP contribution in [-0.4, -0.2) is 65.5 Å². The summed E-state index contributed by atoms with van der Waals surface area (Å²) in [6.07, 6.45) is 0.818. The molecule has 10 heteroatoms. The van der Waals surface area contributed by atoms with Crippen molar-refractivity contribution in [3.05, 3.63) is 34.3 Å². The van der Waals surface area contributed by atoms with Crippen molar-refractivity contribution in [3.8, 4) is 11.5 Å². The molecule has 3 heterocycles. The van der Waals surface area contributed by atoms with Crippen LogP contribution in [0.3, 0.4) is 0 Å². The number of rotatable bonds is 6. The summed E-state index contributed by atoms with van der Waals surface area (Å²) < 4.78 is 14.9. The number of nitrogens with one attached hydrogen (secondary N) is 1. The lowest BCUT2D eigenvalue weighted by Crippen LogP contribution is -2.48. The van der Waals surface area contributed by atoms with Crippen LogP contribution >= 0.6 is 11.5 Å². The second-order valence-electron chi connectivity index (χ2n) is 7.29. The molecule has 1 aromatic heterocycles. The van der Waals surface area contributed by atoms with Crippen molar-refractivity contribution in [1.82, 2.24) is 19.5 Å². The van der Waals surface area contributed by atoms with E-state index in [0.717, 1.165) is 54.7 Å². The third-order valence-corrected chi connectivity index (χ3v) is 6.03. The van der Waals surface area contributed by atoms with Crippen molar-refractivity contribution in [3.63, 3.8) is 0 Å². The molecule has 1 fully saturated rings. The number of carbonyl (C=O) groups excluding carboxylic acids is 2. The van der Waals surface area contributed by atoms with Gasteiger partial charge in [0, 0.05) is 39.3 Å². The molecule has 0 bridgehead atoms. The van der Waals surface area contributed by atoms with Gasteiger partial charge in [-0.05, 0) is 35.6 Å². The van der Waals surface area contributed by atoms with Gasteiger partial charge >= 0.3 is 0 Å². The smallest absolute Gasteiger partial charge is 0.273 e. The zero-order valence-electron chi connectivity index (χ0n) is 16.8. The topological polar surface area (TPSA) is 110 Å². The average Bonchev–Trinajstić information content (AvgIpc) is 3.38. The van der Waals surface area contributed by atoms with Crippen LogP contribution in [0.1, 0.15) is 39.1 Å². The highest BCUT2D eigenvalue weighted by molar-refractivity contribution is 7.09. The monoisotopic (exact) mass is 431 g/mol. The number of nitrogen functional groups attached to an aromatic ring is 1. The maximum absolute atomic E-state index is 12.9. The Balaban J connectivity index is 1.33. The van der Waals surface area contributed by atoms with E-state index >= 15 is 0 Å². The molecule has 1 aromatic carbocycles. The van der Waals surface area contributed by atoms with Crippen LogP contribution in [0.25, 0.3) is 0 Å². The molecule has 30 heavy (non-hydrogen) atoms. The highest BCUT2D eigenvalue weighted by atomic mass is 32.1. The molecule has 3 N–H and O–H groups in total. The number of hydrogen-bond donors (Lipinski definition) is 2. The summed E-state index contributed by atoms with van der Waals surface area (Å²) >= 11 is 0.988. The van der Waals surface area contributed by atoms with Crippen molar-refractivity contribution < 1.29 is 19.1 Å². The van der Waals surface area contributed by atoms with Gasteiger partial charge in [0.1, 0.15) is 4.88 Å². The Labute approximate surface area is 178 Å². The van der Waals surface area contributed by atoms with E-state index in [2.05, 4.69) is 14.6 Å². The van der Waals surface area contributed by atoms with E-state index in [-0.39, 0.29) is 30.0 Å². The number of nitrogens with zero attached hydrogens (tertiary/aromatic N) is 3. The summed E-state index contributed by atoms with van der Waals surface area (Å²) in [4.78, 5) is 29.4. The van der Waals surface area contributed by atoms with Crippen molar-refractivity contribution >= 4 is 29.0 Å². The summed E-state index contributed by atoms with van der Waals surface area (Å²) in [5.74, 6) is 1.06. The van der Waals surface area contributed by atoms with E-state index in [1.807, 2.05) is 25.1 Å². The number of benzene rings is 1. The van der Waals surface area contributed by atoms with Crippen molar-refractivity contribution in [2.75, 3.05) is 45.3 Å². The van der Waals surface area contributed by atoms with Gasteiger partial charge in [-0.2, -0.15) is 4.37 Å². The minimum absolute atomic E-state index is 0.137. The van der Waals surface area contributed by atoms with Crippen LogP contribution in [0.2, 0.25) is 0 Å². The van der Waals surface area contributed by atoms with Gasteiger partial charge in [0.2, 0.25) is 6.79 Å². The molecule has 0 spiro atoms. The van der Waals surface area contributed by atoms with E-state index in [1.165, 1.54) is 0 Å². The molecule has 2 aliphatic heterocycles. The van der Waals surface area contributed by atoms with Crippen molar-refractivity contribution in [1.29, 1.82) is 0 Å². The highest BCUT2D eigenvalue weighted by Crippen LogP contribution is 2.33. The molecule has 0 saturated carbocycles. The molecule has 0 unspecified atom stereocenters. The van der Waals surface area contributed by atoms with Crippen LogP contribution in [0, 0.1) is 0 Å². The predicted molar refractivity (Wildman–Crippen MR) is 113 cm³/mol. The molecule has 0 atom stereocenters. The first-order valence-electron chi connectivity index (χ1n) is 10.00. The Kier molecular flexibility index (Phi) is 6.05. The van der Waals surface area contributed by atoms with Gasteiger partial charge in [0.15, 0.2) is 17.2 Å². The van der Waals surface area contributed by atoms with Crippen LogP contribution in [-0.2, 0) is 6.54 Å². The number of ether oxygens (including phenoxy) is 2. The van der Waals surface area contributed by atoms with E-state index in [1.54, 1.807) is 4.90 Å². The summed E-state index contributed by atoms with van der Waals surface area (Å²) in [7, 11) is 0. The lowest BCUT2D eigenvalue weighted by atomic mass is 10.1. The SMILES string of the molecule is CCCNC(=O)c1nsc(C(=O)N2CCN(Cc3ccc4c(c3)OCO4)CC2)c1N. The number of fused-ring (bicyclic) bond motifs is 1. The normalized spacial score (nSPS) is 16.0. The standard InChI is InChI=1S/C20H25N5O4S/c1-2-5-22-19(26)17-16(21)18(30-23-17)20(27)25-8-6-24(7-9-25)11-13-3-4-14-15(10-13)29-12-28-14/h3-4,10H,2,5-9,11-12,21H2,1H3,(H,22,26). The molecular weight excluding hydrogens is 406 g/mol. The van der Waals surface area contributed by atoms with Crippen LogP contribution < -0.4 is 20.5 Å². The van der Waals surface area contributed by atoms with Gasteiger partial charge in [-0.25, -0.2) is 0 Å². The Hall–Kier alpha value is -2.85. The van der Waals surface area contributed by atoms with Crippen LogP contribution in [0.5, 0.6) is 11.5 Å². The summed E-state index contributed by atoms with van der Waals surface area (Å²) in [6, 6.07) is 5.97. The van der Waals surface area contributed by atoms with Crippen molar-refractivity contribution in [2.24, 2.45) is 0 Å². The Morgan fingerprint density at radius 3 is 2.73 bits per heavy atom. The maximum atomic E-state index is 12.9. The molecule has 2 amide bonds. The average molecular weight is 432 g/mol. The van der Waals surface area contributed by atoms with Gasteiger partial charge < -0.3 is 25.4 Å². The summed E-state index contributed by atoms with van der Waals surface area (Å²) in [5.41, 5.74) is 7.52. The minimum Gasteiger partial charge on any atom is -0.454 e. The van der Waals surface area contributed by atoms with E-state index in [9.17, 15) is 9.59 Å². The predicted octanol–water partition coefficient (Wildman–Crippen LogP) is 1.55. The third kappa shape index (κ3) is 4.19. The van der Waals surface area contributed by atoms with Gasteiger partial charge in [-0.3, -0.25) is 14.5 Å². The fourth-order valence-electron chi connectivity index (χ4n) is 3.49. The maximum Gasteiger partial charge on any atom is 0.273 e. The van der Waals surface area contributed by atoms with Crippen molar-refractivity contribution in [2.45, 2.75) is 19.9 Å². The highest BCUT2D eigenvalue weighted by Gasteiger charge is 2.28. The fraction of sp³-hybridized carbons (Fsp3) is 0.450. The quantitative estimate of drug-likeness (QED) is 0.714. The zero-order valence-corrected chi connectivity index (χ0v) is 17.7. The Bertz CT molecular complexity index is 939. The lowest BCUT2D eigenvalue weighted by molar-refractivity contribution is 0.0634. The van der Waals surface area contributed by atoms with Crippen LogP contribution in [0.15, 0.2) is 18.2 Å². The molecule has 0 radical (unpaired) electrons. The Morgan fingerprint density at radius 1 is 1.20 bits per heavy atom. The van der Waals surface area contributed by atoms with Crippen LogP contribution in [0.4, 0.5) is 5.69 Å². The molecule has 9 nitrogen and oxygen atoms in total.